The Morgan fingerprint density at radius 3 is 2.93 bits per heavy atom. The normalized spacial score (nSPS) is 18.8. The van der Waals surface area contributed by atoms with Crippen LogP contribution in [0.2, 0.25) is 0 Å². The number of aryl methyl sites for hydroxylation is 1. The number of amidine groups is 1. The number of aliphatic imine (C=N–C) groups is 1. The first-order valence-electron chi connectivity index (χ1n) is 9.69. The summed E-state index contributed by atoms with van der Waals surface area (Å²) in [6.45, 7) is 7.66. The van der Waals surface area contributed by atoms with Crippen molar-refractivity contribution in [1.82, 2.24) is 0 Å². The maximum Gasteiger partial charge on any atom is 0.271 e. The Morgan fingerprint density at radius 2 is 2.11 bits per heavy atom. The molecule has 1 saturated heterocycles. The van der Waals surface area contributed by atoms with Crippen molar-refractivity contribution in [2.24, 2.45) is 4.99 Å². The van der Waals surface area contributed by atoms with E-state index < -0.39 is 0 Å². The molecule has 0 aromatic heterocycles. The Balaban J connectivity index is 1.73. The van der Waals surface area contributed by atoms with Crippen molar-refractivity contribution < 1.29 is 9.53 Å². The number of benzene rings is 2. The molecule has 28 heavy (non-hydrogen) atoms. The van der Waals surface area contributed by atoms with Crippen LogP contribution in [0.15, 0.2) is 46.3 Å². The molecule has 5 heteroatoms. The van der Waals surface area contributed by atoms with Crippen LogP contribution in [0.25, 0.3) is 6.08 Å². The van der Waals surface area contributed by atoms with Crippen LogP contribution < -0.4 is 9.64 Å². The molecule has 0 atom stereocenters. The maximum atomic E-state index is 13.3. The van der Waals surface area contributed by atoms with E-state index in [-0.39, 0.29) is 5.91 Å². The Morgan fingerprint density at radius 1 is 1.25 bits per heavy atom. The number of amides is 1. The Bertz CT molecular complexity index is 994. The molecule has 0 radical (unpaired) electrons. The lowest BCUT2D eigenvalue weighted by Crippen LogP contribution is -2.29. The van der Waals surface area contributed by atoms with Crippen LogP contribution in [0.5, 0.6) is 5.75 Å². The van der Waals surface area contributed by atoms with Crippen molar-refractivity contribution in [3.05, 3.63) is 63.6 Å². The highest BCUT2D eigenvalue weighted by molar-refractivity contribution is 8.19. The van der Waals surface area contributed by atoms with Crippen LogP contribution in [-0.2, 0) is 11.2 Å². The molecule has 2 aliphatic heterocycles. The van der Waals surface area contributed by atoms with E-state index in [2.05, 4.69) is 32.9 Å². The Hall–Kier alpha value is -2.53. The van der Waals surface area contributed by atoms with E-state index in [4.69, 9.17) is 9.73 Å². The van der Waals surface area contributed by atoms with Gasteiger partial charge in [0.15, 0.2) is 5.17 Å². The van der Waals surface area contributed by atoms with Crippen molar-refractivity contribution in [1.29, 1.82) is 0 Å². The van der Waals surface area contributed by atoms with Crippen LogP contribution in [0, 0.1) is 13.8 Å². The van der Waals surface area contributed by atoms with E-state index in [0.717, 1.165) is 47.2 Å². The molecule has 4 rings (SSSR count). The van der Waals surface area contributed by atoms with Crippen molar-refractivity contribution in [3.63, 3.8) is 0 Å². The van der Waals surface area contributed by atoms with Gasteiger partial charge in [0.2, 0.25) is 0 Å². The molecule has 2 heterocycles. The number of thioether (sulfide) groups is 1. The molecular formula is C23H24N2O2S. The van der Waals surface area contributed by atoms with Gasteiger partial charge in [0.05, 0.1) is 17.2 Å². The van der Waals surface area contributed by atoms with Crippen molar-refractivity contribution in [2.45, 2.75) is 33.6 Å². The predicted octanol–water partition coefficient (Wildman–Crippen LogP) is 5.13. The van der Waals surface area contributed by atoms with Crippen molar-refractivity contribution in [2.75, 3.05) is 18.1 Å². The number of rotatable bonds is 4. The Kier molecular flexibility index (Phi) is 5.27. The van der Waals surface area contributed by atoms with E-state index in [9.17, 15) is 4.79 Å². The van der Waals surface area contributed by atoms with E-state index >= 15 is 0 Å². The number of hydrogen-bond acceptors (Lipinski definition) is 4. The van der Waals surface area contributed by atoms with Gasteiger partial charge in [-0.25, -0.2) is 0 Å². The quantitative estimate of drug-likeness (QED) is 0.678. The molecule has 144 valence electrons. The summed E-state index contributed by atoms with van der Waals surface area (Å²) in [6.07, 6.45) is 3.84. The number of hydrogen-bond donors (Lipinski definition) is 0. The second-order valence-electron chi connectivity index (χ2n) is 7.10. The molecule has 1 amide bonds. The van der Waals surface area contributed by atoms with Gasteiger partial charge in [-0.2, -0.15) is 0 Å². The highest BCUT2D eigenvalue weighted by atomic mass is 32.2. The van der Waals surface area contributed by atoms with E-state index in [1.54, 1.807) is 4.90 Å². The van der Waals surface area contributed by atoms with Gasteiger partial charge < -0.3 is 4.74 Å². The van der Waals surface area contributed by atoms with Crippen LogP contribution in [0.3, 0.4) is 0 Å². The fourth-order valence-electron chi connectivity index (χ4n) is 3.42. The lowest BCUT2D eigenvalue weighted by atomic mass is 10.1. The van der Waals surface area contributed by atoms with Crippen molar-refractivity contribution in [3.8, 4) is 5.75 Å². The predicted molar refractivity (Wildman–Crippen MR) is 117 cm³/mol. The number of anilines is 1. The van der Waals surface area contributed by atoms with Gasteiger partial charge in [0, 0.05) is 13.0 Å². The van der Waals surface area contributed by atoms with Crippen LogP contribution >= 0.6 is 11.8 Å². The summed E-state index contributed by atoms with van der Waals surface area (Å²) in [5, 5.41) is 0.760. The lowest BCUT2D eigenvalue weighted by molar-refractivity contribution is -0.113. The zero-order valence-corrected chi connectivity index (χ0v) is 17.3. The Labute approximate surface area is 170 Å². The molecule has 0 N–H and O–H groups in total. The summed E-state index contributed by atoms with van der Waals surface area (Å²) in [5.74, 6) is 0.945. The SMILES string of the molecule is CCC/N=C1\S/C(=C\c2ccc3c(c2)CCO3)C(=O)N1c1cccc(C)c1C. The summed E-state index contributed by atoms with van der Waals surface area (Å²) in [7, 11) is 0. The fourth-order valence-corrected chi connectivity index (χ4v) is 4.42. The summed E-state index contributed by atoms with van der Waals surface area (Å²) in [5.41, 5.74) is 5.42. The average molecular weight is 393 g/mol. The zero-order valence-electron chi connectivity index (χ0n) is 16.5. The van der Waals surface area contributed by atoms with E-state index in [0.29, 0.717) is 11.4 Å². The van der Waals surface area contributed by atoms with Crippen molar-refractivity contribution >= 4 is 34.6 Å². The molecule has 4 nitrogen and oxygen atoms in total. The third-order valence-electron chi connectivity index (χ3n) is 5.11. The number of nitrogens with zero attached hydrogens (tertiary/aromatic N) is 2. The minimum absolute atomic E-state index is 0.00898. The molecule has 2 aliphatic rings. The second-order valence-corrected chi connectivity index (χ2v) is 8.11. The maximum absolute atomic E-state index is 13.3. The van der Waals surface area contributed by atoms with Gasteiger partial charge in [0.1, 0.15) is 5.75 Å². The molecule has 0 unspecified atom stereocenters. The van der Waals surface area contributed by atoms with Gasteiger partial charge in [-0.05, 0) is 78.6 Å². The first kappa shape index (κ1) is 18.8. The zero-order chi connectivity index (χ0) is 19.7. The van der Waals surface area contributed by atoms with Crippen LogP contribution in [0.4, 0.5) is 5.69 Å². The number of carbonyl (C=O) groups is 1. The standard InChI is InChI=1S/C23H24N2O2S/c1-4-11-24-23-25(19-7-5-6-15(2)16(19)3)22(26)21(28-23)14-17-8-9-20-18(13-17)10-12-27-20/h5-9,13-14H,4,10-12H2,1-3H3/b21-14-,24-23-. The minimum atomic E-state index is -0.00898. The largest absolute Gasteiger partial charge is 0.493 e. The number of carbonyl (C=O) groups excluding carboxylic acids is 1. The minimum Gasteiger partial charge on any atom is -0.493 e. The summed E-state index contributed by atoms with van der Waals surface area (Å²) in [6, 6.07) is 12.2. The first-order valence-corrected chi connectivity index (χ1v) is 10.5. The lowest BCUT2D eigenvalue weighted by Gasteiger charge is -2.19. The van der Waals surface area contributed by atoms with Gasteiger partial charge >= 0.3 is 0 Å². The van der Waals surface area contributed by atoms with Gasteiger partial charge in [-0.1, -0.05) is 25.1 Å². The highest BCUT2D eigenvalue weighted by Crippen LogP contribution is 2.38. The third kappa shape index (κ3) is 3.47. The van der Waals surface area contributed by atoms with Gasteiger partial charge in [0.25, 0.3) is 5.91 Å². The molecule has 0 aliphatic carbocycles. The fraction of sp³-hybridized carbons (Fsp3) is 0.304. The number of fused-ring (bicyclic) bond motifs is 1. The third-order valence-corrected chi connectivity index (χ3v) is 6.11. The van der Waals surface area contributed by atoms with Crippen LogP contribution in [-0.4, -0.2) is 24.2 Å². The van der Waals surface area contributed by atoms with Crippen LogP contribution in [0.1, 0.15) is 35.6 Å². The summed E-state index contributed by atoms with van der Waals surface area (Å²) in [4.78, 5) is 20.5. The average Bonchev–Trinajstić information content (AvgIpc) is 3.27. The van der Waals surface area contributed by atoms with Gasteiger partial charge in [-0.3, -0.25) is 14.7 Å². The second kappa shape index (κ2) is 7.84. The topological polar surface area (TPSA) is 41.9 Å². The first-order chi connectivity index (χ1) is 13.6. The highest BCUT2D eigenvalue weighted by Gasteiger charge is 2.35. The number of ether oxygens (including phenoxy) is 1. The molecule has 2 aromatic rings. The molecule has 2 aromatic carbocycles. The van der Waals surface area contributed by atoms with E-state index in [1.807, 2.05) is 30.3 Å². The van der Waals surface area contributed by atoms with Gasteiger partial charge in [-0.15, -0.1) is 0 Å². The molecule has 0 saturated carbocycles. The molecule has 0 spiro atoms. The summed E-state index contributed by atoms with van der Waals surface area (Å²) < 4.78 is 5.58. The molecular weight excluding hydrogens is 368 g/mol. The monoisotopic (exact) mass is 392 g/mol. The molecule has 0 bridgehead atoms. The van der Waals surface area contributed by atoms with E-state index in [1.165, 1.54) is 22.9 Å². The summed E-state index contributed by atoms with van der Waals surface area (Å²) >= 11 is 1.46. The molecule has 1 fully saturated rings. The smallest absolute Gasteiger partial charge is 0.271 e.